The first-order valence-electron chi connectivity index (χ1n) is 6.49. The number of benzene rings is 2. The summed E-state index contributed by atoms with van der Waals surface area (Å²) in [6.45, 7) is 1.54. The highest BCUT2D eigenvalue weighted by Gasteiger charge is 2.15. The Balaban J connectivity index is 2.15. The Labute approximate surface area is 134 Å². The third kappa shape index (κ3) is 4.30. The van der Waals surface area contributed by atoms with Crippen molar-refractivity contribution in [1.29, 1.82) is 0 Å². The van der Waals surface area contributed by atoms with Gasteiger partial charge in [-0.3, -0.25) is 4.79 Å². The SMILES string of the molecule is CC(=O)Nc1ccc(S(=O)(=O)NCc2ccccc2)cc1Cl. The van der Waals surface area contributed by atoms with Gasteiger partial charge in [-0.15, -0.1) is 0 Å². The molecule has 1 amide bonds. The summed E-state index contributed by atoms with van der Waals surface area (Å²) in [6, 6.07) is 13.3. The molecule has 0 aliphatic carbocycles. The van der Waals surface area contributed by atoms with Crippen molar-refractivity contribution in [3.8, 4) is 0 Å². The topological polar surface area (TPSA) is 75.3 Å². The Bertz CT molecular complexity index is 777. The van der Waals surface area contributed by atoms with Gasteiger partial charge < -0.3 is 5.32 Å². The summed E-state index contributed by atoms with van der Waals surface area (Å²) in [7, 11) is -3.67. The molecular formula is C15H15ClN2O3S. The van der Waals surface area contributed by atoms with Crippen LogP contribution in [0.25, 0.3) is 0 Å². The summed E-state index contributed by atoms with van der Waals surface area (Å²) in [6.07, 6.45) is 0. The smallest absolute Gasteiger partial charge is 0.240 e. The van der Waals surface area contributed by atoms with Crippen molar-refractivity contribution in [2.75, 3.05) is 5.32 Å². The fraction of sp³-hybridized carbons (Fsp3) is 0.133. The van der Waals surface area contributed by atoms with Gasteiger partial charge in [0.05, 0.1) is 15.6 Å². The van der Waals surface area contributed by atoms with Crippen LogP contribution in [0.15, 0.2) is 53.4 Å². The van der Waals surface area contributed by atoms with E-state index in [4.69, 9.17) is 11.6 Å². The molecule has 2 aromatic rings. The van der Waals surface area contributed by atoms with E-state index in [0.717, 1.165) is 5.56 Å². The highest BCUT2D eigenvalue weighted by atomic mass is 35.5. The van der Waals surface area contributed by atoms with Crippen LogP contribution in [0.4, 0.5) is 5.69 Å². The van der Waals surface area contributed by atoms with Crippen LogP contribution in [0, 0.1) is 0 Å². The lowest BCUT2D eigenvalue weighted by atomic mass is 10.2. The molecule has 0 heterocycles. The first-order valence-corrected chi connectivity index (χ1v) is 8.35. The maximum absolute atomic E-state index is 12.2. The number of hydrogen-bond donors (Lipinski definition) is 2. The largest absolute Gasteiger partial charge is 0.325 e. The molecule has 0 atom stereocenters. The van der Waals surface area contributed by atoms with E-state index in [-0.39, 0.29) is 22.4 Å². The molecule has 0 saturated heterocycles. The fourth-order valence-corrected chi connectivity index (χ4v) is 3.15. The number of hydrogen-bond acceptors (Lipinski definition) is 3. The van der Waals surface area contributed by atoms with Crippen molar-refractivity contribution >= 4 is 33.2 Å². The molecule has 0 fully saturated rings. The summed E-state index contributed by atoms with van der Waals surface area (Å²) in [5, 5.41) is 2.69. The van der Waals surface area contributed by atoms with E-state index in [9.17, 15) is 13.2 Å². The molecule has 5 nitrogen and oxygen atoms in total. The van der Waals surface area contributed by atoms with Crippen molar-refractivity contribution in [2.45, 2.75) is 18.4 Å². The Morgan fingerprint density at radius 1 is 1.14 bits per heavy atom. The molecule has 0 spiro atoms. The number of nitrogens with one attached hydrogen (secondary N) is 2. The molecule has 0 saturated carbocycles. The second-order valence-corrected chi connectivity index (χ2v) is 6.81. The number of amides is 1. The molecule has 7 heteroatoms. The quantitative estimate of drug-likeness (QED) is 0.880. The van der Waals surface area contributed by atoms with Gasteiger partial charge in [0.1, 0.15) is 0 Å². The van der Waals surface area contributed by atoms with Crippen LogP contribution in [0.5, 0.6) is 0 Å². The lowest BCUT2D eigenvalue weighted by Crippen LogP contribution is -2.23. The van der Waals surface area contributed by atoms with Crippen molar-refractivity contribution < 1.29 is 13.2 Å². The number of carbonyl (C=O) groups excluding carboxylic acids is 1. The third-order valence-electron chi connectivity index (χ3n) is 2.87. The lowest BCUT2D eigenvalue weighted by Gasteiger charge is -2.10. The molecule has 0 aromatic heterocycles. The fourth-order valence-electron chi connectivity index (χ4n) is 1.81. The lowest BCUT2D eigenvalue weighted by molar-refractivity contribution is -0.114. The molecular weight excluding hydrogens is 324 g/mol. The molecule has 0 unspecified atom stereocenters. The number of carbonyl (C=O) groups is 1. The molecule has 0 aliphatic heterocycles. The second-order valence-electron chi connectivity index (χ2n) is 4.63. The molecule has 22 heavy (non-hydrogen) atoms. The molecule has 116 valence electrons. The van der Waals surface area contributed by atoms with E-state index in [2.05, 4.69) is 10.0 Å². The average Bonchev–Trinajstić information content (AvgIpc) is 2.48. The second kappa shape index (κ2) is 6.91. The number of sulfonamides is 1. The average molecular weight is 339 g/mol. The third-order valence-corrected chi connectivity index (χ3v) is 4.58. The van der Waals surface area contributed by atoms with Crippen molar-refractivity contribution in [1.82, 2.24) is 4.72 Å². The van der Waals surface area contributed by atoms with Crippen LogP contribution in [0.3, 0.4) is 0 Å². The summed E-state index contributed by atoms with van der Waals surface area (Å²) in [4.78, 5) is 11.1. The number of rotatable bonds is 5. The first kappa shape index (κ1) is 16.5. The molecule has 2 N–H and O–H groups in total. The molecule has 0 aliphatic rings. The van der Waals surface area contributed by atoms with Gasteiger partial charge in [0.15, 0.2) is 0 Å². The van der Waals surface area contributed by atoms with Gasteiger partial charge >= 0.3 is 0 Å². The Kier molecular flexibility index (Phi) is 5.18. The normalized spacial score (nSPS) is 11.2. The van der Waals surface area contributed by atoms with E-state index in [1.807, 2.05) is 30.3 Å². The summed E-state index contributed by atoms with van der Waals surface area (Å²) in [5.74, 6) is -0.278. The van der Waals surface area contributed by atoms with E-state index in [1.165, 1.54) is 25.1 Å². The minimum atomic E-state index is -3.67. The zero-order valence-corrected chi connectivity index (χ0v) is 13.4. The predicted octanol–water partition coefficient (Wildman–Crippen LogP) is 2.78. The van der Waals surface area contributed by atoms with Crippen LogP contribution in [0.2, 0.25) is 5.02 Å². The summed E-state index contributed by atoms with van der Waals surface area (Å²) < 4.78 is 27.0. The van der Waals surface area contributed by atoms with Gasteiger partial charge in [0, 0.05) is 13.5 Å². The minimum Gasteiger partial charge on any atom is -0.325 e. The standard InChI is InChI=1S/C15H15ClN2O3S/c1-11(19)18-15-8-7-13(9-14(15)16)22(20,21)17-10-12-5-3-2-4-6-12/h2-9,17H,10H2,1H3,(H,18,19). The van der Waals surface area contributed by atoms with Gasteiger partial charge in [0.2, 0.25) is 15.9 Å². The van der Waals surface area contributed by atoms with E-state index in [1.54, 1.807) is 0 Å². The zero-order valence-electron chi connectivity index (χ0n) is 11.8. The number of halogens is 1. The predicted molar refractivity (Wildman–Crippen MR) is 86.2 cm³/mol. The van der Waals surface area contributed by atoms with Crippen LogP contribution >= 0.6 is 11.6 Å². The van der Waals surface area contributed by atoms with Gasteiger partial charge in [-0.05, 0) is 23.8 Å². The van der Waals surface area contributed by atoms with Crippen molar-refractivity contribution in [2.24, 2.45) is 0 Å². The Morgan fingerprint density at radius 2 is 1.82 bits per heavy atom. The Morgan fingerprint density at radius 3 is 2.41 bits per heavy atom. The summed E-state index contributed by atoms with van der Waals surface area (Å²) >= 11 is 5.99. The van der Waals surface area contributed by atoms with Crippen molar-refractivity contribution in [3.63, 3.8) is 0 Å². The summed E-state index contributed by atoms with van der Waals surface area (Å²) in [5.41, 5.74) is 1.23. The van der Waals surface area contributed by atoms with Crippen molar-refractivity contribution in [3.05, 3.63) is 59.1 Å². The molecule has 0 bridgehead atoms. The molecule has 2 rings (SSSR count). The zero-order chi connectivity index (χ0) is 16.2. The van der Waals surface area contributed by atoms with Crippen LogP contribution in [-0.4, -0.2) is 14.3 Å². The number of anilines is 1. The molecule has 2 aromatic carbocycles. The van der Waals surface area contributed by atoms with E-state index in [0.29, 0.717) is 5.69 Å². The van der Waals surface area contributed by atoms with E-state index >= 15 is 0 Å². The minimum absolute atomic E-state index is 0.0440. The highest BCUT2D eigenvalue weighted by Crippen LogP contribution is 2.25. The van der Waals surface area contributed by atoms with Gasteiger partial charge in [-0.2, -0.15) is 0 Å². The van der Waals surface area contributed by atoms with Gasteiger partial charge in [-0.25, -0.2) is 13.1 Å². The maximum atomic E-state index is 12.2. The highest BCUT2D eigenvalue weighted by molar-refractivity contribution is 7.89. The van der Waals surface area contributed by atoms with Gasteiger partial charge in [0.25, 0.3) is 0 Å². The maximum Gasteiger partial charge on any atom is 0.240 e. The molecule has 0 radical (unpaired) electrons. The monoisotopic (exact) mass is 338 g/mol. The van der Waals surface area contributed by atoms with Crippen LogP contribution < -0.4 is 10.0 Å². The first-order chi connectivity index (χ1) is 10.4. The van der Waals surface area contributed by atoms with E-state index < -0.39 is 10.0 Å². The van der Waals surface area contributed by atoms with Crippen LogP contribution in [-0.2, 0) is 21.4 Å². The van der Waals surface area contributed by atoms with Gasteiger partial charge in [-0.1, -0.05) is 41.9 Å². The Hall–Kier alpha value is -1.89. The van der Waals surface area contributed by atoms with Crippen LogP contribution in [0.1, 0.15) is 12.5 Å².